The maximum Gasteiger partial charge on any atom is 0.239 e. The zero-order chi connectivity index (χ0) is 12.0. The van der Waals surface area contributed by atoms with E-state index < -0.39 is 11.9 Å². The fraction of sp³-hybridized carbons (Fsp3) is 0.800. The zero-order valence-electron chi connectivity index (χ0n) is 9.62. The maximum atomic E-state index is 11.6. The molecule has 2 atom stereocenters. The number of nitrogens with one attached hydrogen (secondary N) is 1. The van der Waals surface area contributed by atoms with Crippen molar-refractivity contribution in [1.82, 2.24) is 5.32 Å². The van der Waals surface area contributed by atoms with Crippen LogP contribution in [0.3, 0.4) is 0 Å². The largest absolute Gasteiger partial charge is 0.368 e. The molecule has 88 valence electrons. The third-order valence-corrected chi connectivity index (χ3v) is 2.20. The predicted octanol–water partition coefficient (Wildman–Crippen LogP) is -0.403. The van der Waals surface area contributed by atoms with Crippen molar-refractivity contribution < 1.29 is 9.59 Å². The average molecular weight is 215 g/mol. The zero-order valence-corrected chi connectivity index (χ0v) is 9.62. The van der Waals surface area contributed by atoms with Crippen LogP contribution in [0.15, 0.2) is 0 Å². The summed E-state index contributed by atoms with van der Waals surface area (Å²) in [5.41, 5.74) is 10.5. The van der Waals surface area contributed by atoms with Gasteiger partial charge in [-0.15, -0.1) is 0 Å². The van der Waals surface area contributed by atoms with Crippen molar-refractivity contribution in [1.29, 1.82) is 0 Å². The van der Waals surface area contributed by atoms with E-state index in [0.717, 1.165) is 0 Å². The second-order valence-electron chi connectivity index (χ2n) is 4.19. The lowest BCUT2D eigenvalue weighted by Crippen LogP contribution is -2.46. The first-order valence-corrected chi connectivity index (χ1v) is 5.18. The summed E-state index contributed by atoms with van der Waals surface area (Å²) in [4.78, 5) is 22.4. The molecule has 0 aromatic rings. The molecule has 0 spiro atoms. The molecule has 0 aromatic heterocycles. The van der Waals surface area contributed by atoms with Gasteiger partial charge in [-0.05, 0) is 19.3 Å². The lowest BCUT2D eigenvalue weighted by Gasteiger charge is -2.18. The Morgan fingerprint density at radius 1 is 1.27 bits per heavy atom. The number of carbonyl (C=O) groups excluding carboxylic acids is 2. The van der Waals surface area contributed by atoms with Gasteiger partial charge in [-0.3, -0.25) is 9.59 Å². The number of rotatable bonds is 6. The molecule has 0 aliphatic carbocycles. The molecule has 0 aromatic carbocycles. The van der Waals surface area contributed by atoms with Gasteiger partial charge in [-0.1, -0.05) is 13.8 Å². The summed E-state index contributed by atoms with van der Waals surface area (Å²) in [6, 6.07) is -0.640. The Morgan fingerprint density at radius 2 is 1.80 bits per heavy atom. The number of amides is 2. The summed E-state index contributed by atoms with van der Waals surface area (Å²) in [5.74, 6) is -0.582. The monoisotopic (exact) mass is 215 g/mol. The third-order valence-electron chi connectivity index (χ3n) is 2.20. The Kier molecular flexibility index (Phi) is 5.93. The Bertz CT molecular complexity index is 229. The first-order valence-electron chi connectivity index (χ1n) is 5.18. The van der Waals surface area contributed by atoms with Crippen LogP contribution < -0.4 is 16.8 Å². The van der Waals surface area contributed by atoms with Crippen molar-refractivity contribution in [3.8, 4) is 0 Å². The summed E-state index contributed by atoms with van der Waals surface area (Å²) in [7, 11) is 0. The summed E-state index contributed by atoms with van der Waals surface area (Å²) in [6.07, 6.45) is 0.716. The lowest BCUT2D eigenvalue weighted by molar-refractivity contribution is -0.129. The first kappa shape index (κ1) is 13.9. The SMILES string of the molecule is CC(C)CC(CN)C(=O)NC(C)C(N)=O. The smallest absolute Gasteiger partial charge is 0.239 e. The van der Waals surface area contributed by atoms with Crippen LogP contribution in [0.5, 0.6) is 0 Å². The minimum atomic E-state index is -0.640. The highest BCUT2D eigenvalue weighted by molar-refractivity contribution is 5.87. The van der Waals surface area contributed by atoms with Gasteiger partial charge in [0.05, 0.1) is 5.92 Å². The maximum absolute atomic E-state index is 11.6. The molecule has 0 fully saturated rings. The quantitative estimate of drug-likeness (QED) is 0.562. The number of carbonyl (C=O) groups is 2. The minimum absolute atomic E-state index is 0.197. The van der Waals surface area contributed by atoms with E-state index in [-0.39, 0.29) is 18.4 Å². The molecule has 0 bridgehead atoms. The van der Waals surface area contributed by atoms with Crippen molar-refractivity contribution in [2.45, 2.75) is 33.2 Å². The number of hydrogen-bond acceptors (Lipinski definition) is 3. The van der Waals surface area contributed by atoms with Crippen molar-refractivity contribution >= 4 is 11.8 Å². The molecule has 5 N–H and O–H groups in total. The van der Waals surface area contributed by atoms with E-state index in [1.807, 2.05) is 13.8 Å². The predicted molar refractivity (Wildman–Crippen MR) is 58.8 cm³/mol. The molecule has 0 saturated heterocycles. The lowest BCUT2D eigenvalue weighted by atomic mass is 9.96. The van der Waals surface area contributed by atoms with Crippen molar-refractivity contribution in [2.75, 3.05) is 6.54 Å². The number of primary amides is 1. The molecule has 0 aliphatic rings. The molecule has 2 amide bonds. The Balaban J connectivity index is 4.21. The molecule has 2 unspecified atom stereocenters. The van der Waals surface area contributed by atoms with E-state index >= 15 is 0 Å². The standard InChI is InChI=1S/C10H21N3O2/c1-6(2)4-8(5-11)10(15)13-7(3)9(12)14/h6-8H,4-5,11H2,1-3H3,(H2,12,14)(H,13,15). The number of nitrogens with two attached hydrogens (primary N) is 2. The molecule has 0 aliphatic heterocycles. The van der Waals surface area contributed by atoms with Crippen LogP contribution in [-0.4, -0.2) is 24.4 Å². The highest BCUT2D eigenvalue weighted by atomic mass is 16.2. The Morgan fingerprint density at radius 3 is 2.13 bits per heavy atom. The van der Waals surface area contributed by atoms with E-state index in [1.54, 1.807) is 6.92 Å². The van der Waals surface area contributed by atoms with Gasteiger partial charge in [-0.25, -0.2) is 0 Å². The van der Waals surface area contributed by atoms with E-state index in [4.69, 9.17) is 11.5 Å². The normalized spacial score (nSPS) is 14.7. The van der Waals surface area contributed by atoms with E-state index in [9.17, 15) is 9.59 Å². The van der Waals surface area contributed by atoms with Gasteiger partial charge in [0.2, 0.25) is 11.8 Å². The van der Waals surface area contributed by atoms with Crippen LogP contribution in [0.2, 0.25) is 0 Å². The van der Waals surface area contributed by atoms with Gasteiger partial charge in [-0.2, -0.15) is 0 Å². The molecule has 15 heavy (non-hydrogen) atoms. The first-order chi connectivity index (χ1) is 6.88. The molecule has 0 saturated carbocycles. The van der Waals surface area contributed by atoms with Crippen molar-refractivity contribution in [2.24, 2.45) is 23.3 Å². The highest BCUT2D eigenvalue weighted by Gasteiger charge is 2.21. The Labute approximate surface area is 90.6 Å². The van der Waals surface area contributed by atoms with Crippen LogP contribution in [0.4, 0.5) is 0 Å². The second-order valence-corrected chi connectivity index (χ2v) is 4.19. The van der Waals surface area contributed by atoms with Crippen LogP contribution >= 0.6 is 0 Å². The highest BCUT2D eigenvalue weighted by Crippen LogP contribution is 2.10. The second kappa shape index (κ2) is 6.40. The van der Waals surface area contributed by atoms with Crippen molar-refractivity contribution in [3.05, 3.63) is 0 Å². The summed E-state index contributed by atoms with van der Waals surface area (Å²) in [5, 5.41) is 2.54. The molecule has 5 heteroatoms. The topological polar surface area (TPSA) is 98.2 Å². The third kappa shape index (κ3) is 5.37. The van der Waals surface area contributed by atoms with Gasteiger partial charge in [0.25, 0.3) is 0 Å². The molecular weight excluding hydrogens is 194 g/mol. The summed E-state index contributed by atoms with van der Waals surface area (Å²) >= 11 is 0. The van der Waals surface area contributed by atoms with Gasteiger partial charge < -0.3 is 16.8 Å². The van der Waals surface area contributed by atoms with E-state index in [1.165, 1.54) is 0 Å². The van der Waals surface area contributed by atoms with Crippen LogP contribution in [-0.2, 0) is 9.59 Å². The molecular formula is C10H21N3O2. The molecule has 5 nitrogen and oxygen atoms in total. The van der Waals surface area contributed by atoms with Gasteiger partial charge in [0.15, 0.2) is 0 Å². The molecule has 0 rings (SSSR count). The van der Waals surface area contributed by atoms with Crippen LogP contribution in [0.25, 0.3) is 0 Å². The molecule has 0 radical (unpaired) electrons. The minimum Gasteiger partial charge on any atom is -0.368 e. The van der Waals surface area contributed by atoms with E-state index in [0.29, 0.717) is 12.3 Å². The summed E-state index contributed by atoms with van der Waals surface area (Å²) in [6.45, 7) is 5.89. The fourth-order valence-electron chi connectivity index (χ4n) is 1.28. The molecule has 0 heterocycles. The van der Waals surface area contributed by atoms with Crippen LogP contribution in [0, 0.1) is 11.8 Å². The van der Waals surface area contributed by atoms with Gasteiger partial charge in [0.1, 0.15) is 6.04 Å². The average Bonchev–Trinajstić information content (AvgIpc) is 2.13. The van der Waals surface area contributed by atoms with Crippen LogP contribution in [0.1, 0.15) is 27.2 Å². The van der Waals surface area contributed by atoms with E-state index in [2.05, 4.69) is 5.32 Å². The Hall–Kier alpha value is -1.10. The summed E-state index contributed by atoms with van der Waals surface area (Å²) < 4.78 is 0. The number of hydrogen-bond donors (Lipinski definition) is 3. The van der Waals surface area contributed by atoms with Gasteiger partial charge in [0, 0.05) is 6.54 Å². The van der Waals surface area contributed by atoms with Crippen molar-refractivity contribution in [3.63, 3.8) is 0 Å². The fourth-order valence-corrected chi connectivity index (χ4v) is 1.28. The van der Waals surface area contributed by atoms with Gasteiger partial charge >= 0.3 is 0 Å².